The van der Waals surface area contributed by atoms with E-state index in [1.54, 1.807) is 35.2 Å². The van der Waals surface area contributed by atoms with Crippen LogP contribution < -0.4 is 9.46 Å². The second-order valence-corrected chi connectivity index (χ2v) is 9.67. The number of nitrogens with zero attached hydrogens (tertiary/aromatic N) is 1. The molecule has 1 aliphatic heterocycles. The van der Waals surface area contributed by atoms with Crippen molar-refractivity contribution in [2.75, 3.05) is 24.9 Å². The van der Waals surface area contributed by atoms with Crippen molar-refractivity contribution in [3.63, 3.8) is 0 Å². The molecule has 3 rings (SSSR count). The first-order valence-corrected chi connectivity index (χ1v) is 11.3. The SMILES string of the molecule is COc1ccccc1NS(=O)(=O)c1cc(C(=O)N2CC(C)CC(C)C2)ccc1Cl. The second kappa shape index (κ2) is 8.63. The molecule has 1 amide bonds. The lowest BCUT2D eigenvalue weighted by atomic mass is 9.91. The zero-order chi connectivity index (χ0) is 21.2. The molecule has 1 heterocycles. The highest BCUT2D eigenvalue weighted by atomic mass is 35.5. The van der Waals surface area contributed by atoms with Gasteiger partial charge in [0, 0.05) is 18.7 Å². The number of nitrogens with one attached hydrogen (secondary N) is 1. The maximum Gasteiger partial charge on any atom is 0.263 e. The fourth-order valence-electron chi connectivity index (χ4n) is 3.78. The Morgan fingerprint density at radius 3 is 2.45 bits per heavy atom. The van der Waals surface area contributed by atoms with E-state index in [2.05, 4.69) is 18.6 Å². The Labute approximate surface area is 176 Å². The first-order valence-electron chi connectivity index (χ1n) is 9.46. The third kappa shape index (κ3) is 4.85. The van der Waals surface area contributed by atoms with Crippen molar-refractivity contribution in [3.8, 4) is 5.75 Å². The average Bonchev–Trinajstić information content (AvgIpc) is 2.67. The number of halogens is 1. The lowest BCUT2D eigenvalue weighted by Crippen LogP contribution is -2.42. The molecule has 2 unspecified atom stereocenters. The van der Waals surface area contributed by atoms with E-state index in [1.165, 1.54) is 19.2 Å². The number of likely N-dealkylation sites (tertiary alicyclic amines) is 1. The van der Waals surface area contributed by atoms with Gasteiger partial charge < -0.3 is 9.64 Å². The van der Waals surface area contributed by atoms with Crippen molar-refractivity contribution in [2.45, 2.75) is 25.2 Å². The van der Waals surface area contributed by atoms with Gasteiger partial charge in [0.2, 0.25) is 0 Å². The summed E-state index contributed by atoms with van der Waals surface area (Å²) in [6.45, 7) is 5.55. The van der Waals surface area contributed by atoms with E-state index in [0.29, 0.717) is 41.9 Å². The largest absolute Gasteiger partial charge is 0.495 e. The summed E-state index contributed by atoms with van der Waals surface area (Å²) in [7, 11) is -2.56. The predicted octanol–water partition coefficient (Wildman–Crippen LogP) is 4.27. The standard InChI is InChI=1S/C21H25ClN2O4S/c1-14-10-15(2)13-24(12-14)21(25)16-8-9-17(22)20(11-16)29(26,27)23-18-6-4-5-7-19(18)28-3/h4-9,11,14-15,23H,10,12-13H2,1-3H3. The summed E-state index contributed by atoms with van der Waals surface area (Å²) in [5, 5.41) is 0.0457. The van der Waals surface area contributed by atoms with Crippen molar-refractivity contribution in [1.82, 2.24) is 4.90 Å². The molecule has 1 aliphatic rings. The van der Waals surface area contributed by atoms with Crippen LogP contribution in [0.1, 0.15) is 30.6 Å². The van der Waals surface area contributed by atoms with Gasteiger partial charge in [0.1, 0.15) is 10.6 Å². The quantitative estimate of drug-likeness (QED) is 0.759. The van der Waals surface area contributed by atoms with Gasteiger partial charge in [-0.15, -0.1) is 0 Å². The molecule has 8 heteroatoms. The minimum Gasteiger partial charge on any atom is -0.495 e. The van der Waals surface area contributed by atoms with Crippen LogP contribution in [0.2, 0.25) is 5.02 Å². The van der Waals surface area contributed by atoms with E-state index < -0.39 is 10.0 Å². The van der Waals surface area contributed by atoms with Gasteiger partial charge in [0.25, 0.3) is 15.9 Å². The number of sulfonamides is 1. The number of anilines is 1. The summed E-state index contributed by atoms with van der Waals surface area (Å²) in [5.74, 6) is 1.01. The normalized spacial score (nSPS) is 19.7. The summed E-state index contributed by atoms with van der Waals surface area (Å²) in [4.78, 5) is 14.6. The number of carbonyl (C=O) groups excluding carboxylic acids is 1. The van der Waals surface area contributed by atoms with Crippen LogP contribution in [-0.2, 0) is 10.0 Å². The van der Waals surface area contributed by atoms with Crippen LogP contribution in [0.25, 0.3) is 0 Å². The van der Waals surface area contributed by atoms with E-state index in [4.69, 9.17) is 16.3 Å². The monoisotopic (exact) mass is 436 g/mol. The number of methoxy groups -OCH3 is 1. The lowest BCUT2D eigenvalue weighted by molar-refractivity contribution is 0.0623. The second-order valence-electron chi connectivity index (χ2n) is 7.61. The van der Waals surface area contributed by atoms with E-state index in [-0.39, 0.29) is 15.8 Å². The minimum atomic E-state index is -4.02. The van der Waals surface area contributed by atoms with Crippen LogP contribution in [0.4, 0.5) is 5.69 Å². The van der Waals surface area contributed by atoms with Gasteiger partial charge in [0.15, 0.2) is 0 Å². The molecule has 156 valence electrons. The zero-order valence-corrected chi connectivity index (χ0v) is 18.3. The Kier molecular flexibility index (Phi) is 6.39. The molecule has 0 spiro atoms. The maximum atomic E-state index is 13.0. The molecule has 2 aromatic rings. The molecule has 1 N–H and O–H groups in total. The zero-order valence-electron chi connectivity index (χ0n) is 16.7. The minimum absolute atomic E-state index is 0.0457. The van der Waals surface area contributed by atoms with Crippen molar-refractivity contribution >= 4 is 33.2 Å². The fourth-order valence-corrected chi connectivity index (χ4v) is 5.38. The number of hydrogen-bond donors (Lipinski definition) is 1. The van der Waals surface area contributed by atoms with Crippen molar-refractivity contribution in [3.05, 3.63) is 53.1 Å². The maximum absolute atomic E-state index is 13.0. The first-order chi connectivity index (χ1) is 13.7. The Balaban J connectivity index is 1.91. The predicted molar refractivity (Wildman–Crippen MR) is 114 cm³/mol. The van der Waals surface area contributed by atoms with Crippen LogP contribution in [0, 0.1) is 11.8 Å². The van der Waals surface area contributed by atoms with Gasteiger partial charge in [-0.25, -0.2) is 8.42 Å². The van der Waals surface area contributed by atoms with Crippen LogP contribution in [-0.4, -0.2) is 39.4 Å². The summed E-state index contributed by atoms with van der Waals surface area (Å²) < 4.78 is 33.6. The molecule has 0 bridgehead atoms. The van der Waals surface area contributed by atoms with E-state index in [1.807, 2.05) is 0 Å². The molecular formula is C21H25ClN2O4S. The number of amides is 1. The topological polar surface area (TPSA) is 75.7 Å². The van der Waals surface area contributed by atoms with Crippen LogP contribution in [0.5, 0.6) is 5.75 Å². The van der Waals surface area contributed by atoms with Crippen LogP contribution in [0.3, 0.4) is 0 Å². The highest BCUT2D eigenvalue weighted by molar-refractivity contribution is 7.92. The molecule has 1 saturated heterocycles. The van der Waals surface area contributed by atoms with Crippen LogP contribution >= 0.6 is 11.6 Å². The number of para-hydroxylation sites is 2. The molecule has 0 radical (unpaired) electrons. The van der Waals surface area contributed by atoms with E-state index >= 15 is 0 Å². The lowest BCUT2D eigenvalue weighted by Gasteiger charge is -2.35. The number of rotatable bonds is 5. The van der Waals surface area contributed by atoms with Crippen molar-refractivity contribution < 1.29 is 17.9 Å². The third-order valence-electron chi connectivity index (χ3n) is 4.98. The summed E-state index contributed by atoms with van der Waals surface area (Å²) in [6.07, 6.45) is 1.08. The number of ether oxygens (including phenoxy) is 1. The van der Waals surface area contributed by atoms with Gasteiger partial charge in [-0.2, -0.15) is 0 Å². The van der Waals surface area contributed by atoms with Gasteiger partial charge in [-0.3, -0.25) is 9.52 Å². The van der Waals surface area contributed by atoms with Crippen molar-refractivity contribution in [2.24, 2.45) is 11.8 Å². The number of carbonyl (C=O) groups is 1. The van der Waals surface area contributed by atoms with E-state index in [0.717, 1.165) is 6.42 Å². The first kappa shape index (κ1) is 21.5. The average molecular weight is 437 g/mol. The third-order valence-corrected chi connectivity index (χ3v) is 6.82. The fraction of sp³-hybridized carbons (Fsp3) is 0.381. The van der Waals surface area contributed by atoms with Gasteiger partial charge in [-0.05, 0) is 48.6 Å². The Morgan fingerprint density at radius 2 is 1.79 bits per heavy atom. The molecule has 0 aromatic heterocycles. The number of piperidine rings is 1. The van der Waals surface area contributed by atoms with Crippen LogP contribution in [0.15, 0.2) is 47.4 Å². The number of hydrogen-bond acceptors (Lipinski definition) is 4. The smallest absolute Gasteiger partial charge is 0.263 e. The molecule has 29 heavy (non-hydrogen) atoms. The van der Waals surface area contributed by atoms with Gasteiger partial charge in [-0.1, -0.05) is 37.6 Å². The molecule has 1 fully saturated rings. The molecule has 2 atom stereocenters. The van der Waals surface area contributed by atoms with Gasteiger partial charge >= 0.3 is 0 Å². The van der Waals surface area contributed by atoms with Gasteiger partial charge in [0.05, 0.1) is 17.8 Å². The number of benzene rings is 2. The molecule has 2 aromatic carbocycles. The highest BCUT2D eigenvalue weighted by Crippen LogP contribution is 2.30. The van der Waals surface area contributed by atoms with Crippen molar-refractivity contribution in [1.29, 1.82) is 0 Å². The molecule has 0 saturated carbocycles. The highest BCUT2D eigenvalue weighted by Gasteiger charge is 2.28. The summed E-state index contributed by atoms with van der Waals surface area (Å²) >= 11 is 6.18. The molecule has 0 aliphatic carbocycles. The van der Waals surface area contributed by atoms with E-state index in [9.17, 15) is 13.2 Å². The Hall–Kier alpha value is -2.25. The molecule has 6 nitrogen and oxygen atoms in total. The Bertz CT molecular complexity index is 999. The molecular weight excluding hydrogens is 412 g/mol. The Morgan fingerprint density at radius 1 is 1.14 bits per heavy atom. The summed E-state index contributed by atoms with van der Waals surface area (Å²) in [5.41, 5.74) is 0.595. The summed E-state index contributed by atoms with van der Waals surface area (Å²) in [6, 6.07) is 11.0.